The fourth-order valence-corrected chi connectivity index (χ4v) is 1.55. The lowest BCUT2D eigenvalue weighted by Gasteiger charge is -2.26. The summed E-state index contributed by atoms with van der Waals surface area (Å²) in [6.45, 7) is 6.86. The Kier molecular flexibility index (Phi) is 3.52. The van der Waals surface area contributed by atoms with Crippen molar-refractivity contribution >= 4 is 5.91 Å². The van der Waals surface area contributed by atoms with Gasteiger partial charge in [0.1, 0.15) is 5.75 Å². The zero-order valence-corrected chi connectivity index (χ0v) is 10.2. The molecule has 0 unspecified atom stereocenters. The maximum absolute atomic E-state index is 11.9. The molecule has 1 N–H and O–H groups in total. The van der Waals surface area contributed by atoms with Gasteiger partial charge in [0.05, 0.1) is 11.8 Å². The third-order valence-electron chi connectivity index (χ3n) is 2.03. The van der Waals surface area contributed by atoms with Gasteiger partial charge in [0.15, 0.2) is 0 Å². The highest BCUT2D eigenvalue weighted by Gasteiger charge is 2.19. The van der Waals surface area contributed by atoms with E-state index in [1.165, 1.54) is 18.5 Å². The number of rotatable bonds is 2. The van der Waals surface area contributed by atoms with E-state index >= 15 is 0 Å². The van der Waals surface area contributed by atoms with Crippen molar-refractivity contribution in [2.75, 3.05) is 13.6 Å². The Labute approximate surface area is 95.9 Å². The largest absolute Gasteiger partial charge is 0.506 e. The van der Waals surface area contributed by atoms with Gasteiger partial charge in [-0.3, -0.25) is 9.78 Å². The van der Waals surface area contributed by atoms with Crippen molar-refractivity contribution in [3.8, 4) is 5.75 Å². The van der Waals surface area contributed by atoms with Crippen LogP contribution in [0.2, 0.25) is 0 Å². The highest BCUT2D eigenvalue weighted by molar-refractivity contribution is 5.94. The number of carbonyl (C=O) groups is 1. The summed E-state index contributed by atoms with van der Waals surface area (Å²) in [4.78, 5) is 17.4. The Morgan fingerprint density at radius 1 is 1.44 bits per heavy atom. The molecule has 4 heteroatoms. The number of aromatic nitrogens is 1. The van der Waals surface area contributed by atoms with E-state index in [9.17, 15) is 9.90 Å². The van der Waals surface area contributed by atoms with Crippen molar-refractivity contribution in [1.82, 2.24) is 9.88 Å². The summed E-state index contributed by atoms with van der Waals surface area (Å²) in [7, 11) is 1.75. The first-order valence-corrected chi connectivity index (χ1v) is 5.19. The predicted octanol–water partition coefficient (Wildman–Crippen LogP) is 1.91. The van der Waals surface area contributed by atoms with Gasteiger partial charge >= 0.3 is 0 Å². The van der Waals surface area contributed by atoms with Crippen molar-refractivity contribution in [2.24, 2.45) is 5.41 Å². The van der Waals surface area contributed by atoms with E-state index in [0.717, 1.165) is 0 Å². The highest BCUT2D eigenvalue weighted by atomic mass is 16.3. The number of hydrogen-bond donors (Lipinski definition) is 1. The normalized spacial score (nSPS) is 11.2. The summed E-state index contributed by atoms with van der Waals surface area (Å²) >= 11 is 0. The molecule has 0 radical (unpaired) electrons. The fraction of sp³-hybridized carbons (Fsp3) is 0.500. The second kappa shape index (κ2) is 4.51. The van der Waals surface area contributed by atoms with Crippen molar-refractivity contribution in [3.05, 3.63) is 24.0 Å². The minimum Gasteiger partial charge on any atom is -0.506 e. The molecule has 0 saturated heterocycles. The minimum absolute atomic E-state index is 0.00927. The molecule has 16 heavy (non-hydrogen) atoms. The van der Waals surface area contributed by atoms with Gasteiger partial charge in [-0.1, -0.05) is 20.8 Å². The molecule has 88 valence electrons. The third kappa shape index (κ3) is 3.53. The van der Waals surface area contributed by atoms with Crippen LogP contribution in [0, 0.1) is 5.41 Å². The lowest BCUT2D eigenvalue weighted by atomic mass is 9.96. The van der Waals surface area contributed by atoms with Crippen LogP contribution in [0.5, 0.6) is 5.75 Å². The Hall–Kier alpha value is -1.58. The van der Waals surface area contributed by atoms with Crippen LogP contribution in [-0.2, 0) is 0 Å². The molecule has 1 heterocycles. The van der Waals surface area contributed by atoms with Crippen LogP contribution < -0.4 is 0 Å². The smallest absolute Gasteiger partial charge is 0.255 e. The molecule has 0 saturated carbocycles. The van der Waals surface area contributed by atoms with Gasteiger partial charge in [0.25, 0.3) is 5.91 Å². The molecule has 4 nitrogen and oxygen atoms in total. The summed E-state index contributed by atoms with van der Waals surface area (Å²) < 4.78 is 0. The third-order valence-corrected chi connectivity index (χ3v) is 2.03. The van der Waals surface area contributed by atoms with Gasteiger partial charge in [0.2, 0.25) is 0 Å². The molecule has 0 aliphatic rings. The van der Waals surface area contributed by atoms with Crippen LogP contribution in [0.3, 0.4) is 0 Å². The summed E-state index contributed by atoms with van der Waals surface area (Å²) in [6, 6.07) is 1.43. The first-order valence-electron chi connectivity index (χ1n) is 5.19. The topological polar surface area (TPSA) is 53.4 Å². The first-order chi connectivity index (χ1) is 7.29. The molecule has 0 aliphatic carbocycles. The number of carbonyl (C=O) groups excluding carboxylic acids is 1. The fourth-order valence-electron chi connectivity index (χ4n) is 1.55. The molecular formula is C12H18N2O2. The van der Waals surface area contributed by atoms with Crippen molar-refractivity contribution in [2.45, 2.75) is 20.8 Å². The van der Waals surface area contributed by atoms with Gasteiger partial charge in [-0.25, -0.2) is 0 Å². The van der Waals surface area contributed by atoms with Crippen LogP contribution in [0.1, 0.15) is 31.1 Å². The van der Waals surface area contributed by atoms with Gasteiger partial charge in [0, 0.05) is 19.8 Å². The summed E-state index contributed by atoms with van der Waals surface area (Å²) in [5.74, 6) is -0.117. The Morgan fingerprint density at radius 3 is 2.56 bits per heavy atom. The molecule has 0 fully saturated rings. The number of aromatic hydroxyl groups is 1. The van der Waals surface area contributed by atoms with Gasteiger partial charge in [-0.15, -0.1) is 0 Å². The van der Waals surface area contributed by atoms with Crippen molar-refractivity contribution in [3.63, 3.8) is 0 Å². The van der Waals surface area contributed by atoms with Crippen LogP contribution >= 0.6 is 0 Å². The van der Waals surface area contributed by atoms with Gasteiger partial charge in [-0.2, -0.15) is 0 Å². The lowest BCUT2D eigenvalue weighted by Crippen LogP contribution is -2.34. The molecular weight excluding hydrogens is 204 g/mol. The highest BCUT2D eigenvalue weighted by Crippen LogP contribution is 2.16. The van der Waals surface area contributed by atoms with E-state index in [1.54, 1.807) is 11.9 Å². The van der Waals surface area contributed by atoms with Gasteiger partial charge < -0.3 is 10.0 Å². The first kappa shape index (κ1) is 12.5. The second-order valence-corrected chi connectivity index (χ2v) is 5.15. The molecule has 0 spiro atoms. The van der Waals surface area contributed by atoms with E-state index < -0.39 is 0 Å². The Morgan fingerprint density at radius 2 is 2.06 bits per heavy atom. The molecule has 0 aliphatic heterocycles. The number of hydrogen-bond acceptors (Lipinski definition) is 3. The number of nitrogens with zero attached hydrogens (tertiary/aromatic N) is 2. The average Bonchev–Trinajstić information content (AvgIpc) is 2.14. The monoisotopic (exact) mass is 222 g/mol. The van der Waals surface area contributed by atoms with Gasteiger partial charge in [-0.05, 0) is 11.5 Å². The van der Waals surface area contributed by atoms with Crippen LogP contribution in [0.25, 0.3) is 0 Å². The quantitative estimate of drug-likeness (QED) is 0.831. The zero-order chi connectivity index (χ0) is 12.3. The van der Waals surface area contributed by atoms with Crippen LogP contribution in [0.15, 0.2) is 18.5 Å². The molecule has 1 aromatic rings. The Bertz CT molecular complexity index is 383. The Balaban J connectivity index is 2.78. The lowest BCUT2D eigenvalue weighted by molar-refractivity contribution is 0.0745. The van der Waals surface area contributed by atoms with E-state index in [2.05, 4.69) is 25.8 Å². The molecule has 0 atom stereocenters. The molecule has 0 aromatic carbocycles. The second-order valence-electron chi connectivity index (χ2n) is 5.15. The van der Waals surface area contributed by atoms with Crippen LogP contribution in [-0.4, -0.2) is 34.5 Å². The number of amides is 1. The molecule has 1 aromatic heterocycles. The zero-order valence-electron chi connectivity index (χ0n) is 10.2. The summed E-state index contributed by atoms with van der Waals surface area (Å²) in [5, 5.41) is 9.24. The summed E-state index contributed by atoms with van der Waals surface area (Å²) in [5.41, 5.74) is 0.459. The summed E-state index contributed by atoms with van der Waals surface area (Å²) in [6.07, 6.45) is 2.77. The maximum atomic E-state index is 11.9. The molecule has 0 bridgehead atoms. The predicted molar refractivity (Wildman–Crippen MR) is 62.3 cm³/mol. The minimum atomic E-state index is -0.127. The number of pyridine rings is 1. The standard InChI is InChI=1S/C12H18N2O2/c1-12(2,3)8-14(4)11(16)9-5-10(15)7-13-6-9/h5-7,15H,8H2,1-4H3. The average molecular weight is 222 g/mol. The van der Waals surface area contributed by atoms with E-state index in [1.807, 2.05) is 0 Å². The van der Waals surface area contributed by atoms with E-state index in [4.69, 9.17) is 0 Å². The molecule has 1 amide bonds. The van der Waals surface area contributed by atoms with Crippen molar-refractivity contribution < 1.29 is 9.90 Å². The molecule has 1 rings (SSSR count). The SMILES string of the molecule is CN(CC(C)(C)C)C(=O)c1cncc(O)c1. The van der Waals surface area contributed by atoms with E-state index in [-0.39, 0.29) is 17.1 Å². The van der Waals surface area contributed by atoms with Crippen molar-refractivity contribution in [1.29, 1.82) is 0 Å². The van der Waals surface area contributed by atoms with E-state index in [0.29, 0.717) is 12.1 Å². The van der Waals surface area contributed by atoms with Crippen LogP contribution in [0.4, 0.5) is 0 Å². The maximum Gasteiger partial charge on any atom is 0.255 e.